The number of nitrogens with two attached hydrogens (primary N) is 1. The Labute approximate surface area is 99.5 Å². The number of hydrogen-bond acceptors (Lipinski definition) is 3. The Morgan fingerprint density at radius 1 is 1.38 bits per heavy atom. The molecule has 0 amide bonds. The summed E-state index contributed by atoms with van der Waals surface area (Å²) in [5, 5.41) is 7.00. The van der Waals surface area contributed by atoms with Crippen molar-refractivity contribution in [2.75, 3.05) is 6.54 Å². The van der Waals surface area contributed by atoms with E-state index in [4.69, 9.17) is 5.73 Å². The van der Waals surface area contributed by atoms with Crippen LogP contribution in [-0.2, 0) is 0 Å². The van der Waals surface area contributed by atoms with E-state index < -0.39 is 0 Å². The van der Waals surface area contributed by atoms with Gasteiger partial charge in [-0.25, -0.2) is 0 Å². The molecule has 1 atom stereocenters. The summed E-state index contributed by atoms with van der Waals surface area (Å²) in [5.74, 6) is 0. The smallest absolute Gasteiger partial charge is 0.0436 e. The van der Waals surface area contributed by atoms with Crippen LogP contribution >= 0.6 is 11.3 Å². The molecule has 1 aliphatic carbocycles. The van der Waals surface area contributed by atoms with Crippen molar-refractivity contribution in [3.63, 3.8) is 0 Å². The SMILES string of the molecule is NC(CNC1CC1)c1csc2ccccc12. The minimum Gasteiger partial charge on any atom is -0.323 e. The van der Waals surface area contributed by atoms with Gasteiger partial charge in [-0.05, 0) is 35.2 Å². The molecule has 0 bridgehead atoms. The van der Waals surface area contributed by atoms with Crippen LogP contribution in [0.5, 0.6) is 0 Å². The van der Waals surface area contributed by atoms with E-state index in [9.17, 15) is 0 Å². The lowest BCUT2D eigenvalue weighted by Crippen LogP contribution is -2.28. The standard InChI is InChI=1S/C13H16N2S/c14-12(7-15-9-5-6-9)11-8-16-13-4-2-1-3-10(11)13/h1-4,8-9,12,15H,5-7,14H2. The second kappa shape index (κ2) is 4.17. The van der Waals surface area contributed by atoms with Crippen molar-refractivity contribution in [2.24, 2.45) is 5.73 Å². The van der Waals surface area contributed by atoms with Crippen LogP contribution in [0.4, 0.5) is 0 Å². The Morgan fingerprint density at radius 3 is 3.00 bits per heavy atom. The Morgan fingerprint density at radius 2 is 2.19 bits per heavy atom. The lowest BCUT2D eigenvalue weighted by molar-refractivity contribution is 0.599. The molecule has 0 aliphatic heterocycles. The fourth-order valence-electron chi connectivity index (χ4n) is 1.98. The van der Waals surface area contributed by atoms with Gasteiger partial charge in [-0.3, -0.25) is 0 Å². The van der Waals surface area contributed by atoms with Crippen LogP contribution in [0.2, 0.25) is 0 Å². The normalized spacial score (nSPS) is 17.8. The van der Waals surface area contributed by atoms with Gasteiger partial charge in [0.15, 0.2) is 0 Å². The van der Waals surface area contributed by atoms with Crippen molar-refractivity contribution in [3.8, 4) is 0 Å². The zero-order valence-corrected chi connectivity index (χ0v) is 9.96. The fraction of sp³-hybridized carbons (Fsp3) is 0.385. The van der Waals surface area contributed by atoms with E-state index in [2.05, 4.69) is 35.0 Å². The molecule has 3 N–H and O–H groups in total. The highest BCUT2D eigenvalue weighted by molar-refractivity contribution is 7.17. The van der Waals surface area contributed by atoms with E-state index >= 15 is 0 Å². The van der Waals surface area contributed by atoms with Crippen LogP contribution in [0, 0.1) is 0 Å². The average molecular weight is 232 g/mol. The molecule has 0 saturated heterocycles. The predicted octanol–water partition coefficient (Wildman–Crippen LogP) is 2.65. The van der Waals surface area contributed by atoms with Crippen molar-refractivity contribution in [3.05, 3.63) is 35.2 Å². The monoisotopic (exact) mass is 232 g/mol. The number of benzene rings is 1. The van der Waals surface area contributed by atoms with E-state index in [0.29, 0.717) is 0 Å². The molecule has 0 spiro atoms. The van der Waals surface area contributed by atoms with E-state index in [1.165, 1.54) is 28.5 Å². The van der Waals surface area contributed by atoms with Crippen LogP contribution in [0.1, 0.15) is 24.4 Å². The van der Waals surface area contributed by atoms with Crippen molar-refractivity contribution < 1.29 is 0 Å². The van der Waals surface area contributed by atoms with E-state index in [1.54, 1.807) is 11.3 Å². The second-order valence-electron chi connectivity index (χ2n) is 4.48. The van der Waals surface area contributed by atoms with E-state index in [-0.39, 0.29) is 6.04 Å². The van der Waals surface area contributed by atoms with Crippen LogP contribution in [-0.4, -0.2) is 12.6 Å². The van der Waals surface area contributed by atoms with Gasteiger partial charge in [0.25, 0.3) is 0 Å². The molecule has 1 unspecified atom stereocenters. The first kappa shape index (κ1) is 10.3. The molecule has 84 valence electrons. The van der Waals surface area contributed by atoms with Crippen LogP contribution < -0.4 is 11.1 Å². The van der Waals surface area contributed by atoms with Gasteiger partial charge in [0.05, 0.1) is 0 Å². The third-order valence-corrected chi connectivity index (χ3v) is 4.10. The first-order chi connectivity index (χ1) is 7.84. The van der Waals surface area contributed by atoms with Gasteiger partial charge >= 0.3 is 0 Å². The Bertz CT molecular complexity index is 487. The van der Waals surface area contributed by atoms with Gasteiger partial charge in [-0.15, -0.1) is 11.3 Å². The molecule has 1 saturated carbocycles. The lowest BCUT2D eigenvalue weighted by Gasteiger charge is -2.11. The molecule has 1 aliphatic rings. The Balaban J connectivity index is 1.80. The number of fused-ring (bicyclic) bond motifs is 1. The van der Waals surface area contributed by atoms with Gasteiger partial charge < -0.3 is 11.1 Å². The van der Waals surface area contributed by atoms with Crippen molar-refractivity contribution in [1.29, 1.82) is 0 Å². The maximum Gasteiger partial charge on any atom is 0.0436 e. The average Bonchev–Trinajstić information content (AvgIpc) is 3.04. The molecule has 3 heteroatoms. The minimum atomic E-state index is 0.122. The molecular weight excluding hydrogens is 216 g/mol. The second-order valence-corrected chi connectivity index (χ2v) is 5.39. The topological polar surface area (TPSA) is 38.0 Å². The summed E-state index contributed by atoms with van der Waals surface area (Å²) in [5.41, 5.74) is 7.51. The lowest BCUT2D eigenvalue weighted by atomic mass is 10.1. The molecule has 1 aromatic carbocycles. The first-order valence-corrected chi connectivity index (χ1v) is 6.67. The summed E-state index contributed by atoms with van der Waals surface area (Å²) in [6.07, 6.45) is 2.63. The highest BCUT2D eigenvalue weighted by atomic mass is 32.1. The molecule has 1 heterocycles. The van der Waals surface area contributed by atoms with Gasteiger partial charge in [-0.2, -0.15) is 0 Å². The summed E-state index contributed by atoms with van der Waals surface area (Å²) in [6, 6.07) is 9.34. The van der Waals surface area contributed by atoms with Gasteiger partial charge in [0, 0.05) is 23.3 Å². The minimum absolute atomic E-state index is 0.122. The largest absolute Gasteiger partial charge is 0.323 e. The summed E-state index contributed by atoms with van der Waals surface area (Å²) in [4.78, 5) is 0. The van der Waals surface area contributed by atoms with Gasteiger partial charge in [-0.1, -0.05) is 18.2 Å². The first-order valence-electron chi connectivity index (χ1n) is 5.79. The molecule has 3 rings (SSSR count). The Kier molecular flexibility index (Phi) is 2.67. The number of rotatable bonds is 4. The quantitative estimate of drug-likeness (QED) is 0.850. The van der Waals surface area contributed by atoms with Crippen LogP contribution in [0.15, 0.2) is 29.6 Å². The highest BCUT2D eigenvalue weighted by Gasteiger charge is 2.21. The number of nitrogens with one attached hydrogen (secondary N) is 1. The zero-order valence-electron chi connectivity index (χ0n) is 9.15. The van der Waals surface area contributed by atoms with E-state index in [1.807, 2.05) is 0 Å². The van der Waals surface area contributed by atoms with Gasteiger partial charge in [0.2, 0.25) is 0 Å². The van der Waals surface area contributed by atoms with Crippen molar-refractivity contribution in [2.45, 2.75) is 24.9 Å². The summed E-state index contributed by atoms with van der Waals surface area (Å²) < 4.78 is 1.33. The van der Waals surface area contributed by atoms with Crippen LogP contribution in [0.25, 0.3) is 10.1 Å². The summed E-state index contributed by atoms with van der Waals surface area (Å²) in [6.45, 7) is 0.894. The maximum atomic E-state index is 6.23. The molecule has 16 heavy (non-hydrogen) atoms. The summed E-state index contributed by atoms with van der Waals surface area (Å²) >= 11 is 1.78. The molecule has 2 aromatic rings. The molecule has 1 aromatic heterocycles. The zero-order chi connectivity index (χ0) is 11.0. The predicted molar refractivity (Wildman–Crippen MR) is 69.8 cm³/mol. The molecule has 2 nitrogen and oxygen atoms in total. The molecule has 0 radical (unpaired) electrons. The Hall–Kier alpha value is -0.900. The third kappa shape index (κ3) is 1.98. The van der Waals surface area contributed by atoms with Crippen molar-refractivity contribution in [1.82, 2.24) is 5.32 Å². The van der Waals surface area contributed by atoms with Crippen molar-refractivity contribution >= 4 is 21.4 Å². The fourth-order valence-corrected chi connectivity index (χ4v) is 3.00. The molecule has 1 fully saturated rings. The van der Waals surface area contributed by atoms with Gasteiger partial charge in [0.1, 0.15) is 0 Å². The van der Waals surface area contributed by atoms with Crippen LogP contribution in [0.3, 0.4) is 0 Å². The van der Waals surface area contributed by atoms with E-state index in [0.717, 1.165) is 12.6 Å². The number of hydrogen-bond donors (Lipinski definition) is 2. The molecular formula is C13H16N2S. The highest BCUT2D eigenvalue weighted by Crippen LogP contribution is 2.29. The third-order valence-electron chi connectivity index (χ3n) is 3.11. The number of thiophene rings is 1. The maximum absolute atomic E-state index is 6.23. The summed E-state index contributed by atoms with van der Waals surface area (Å²) in [7, 11) is 0.